The fourth-order valence-electron chi connectivity index (χ4n) is 3.59. The summed E-state index contributed by atoms with van der Waals surface area (Å²) in [5, 5.41) is 2.53. The minimum Gasteiger partial charge on any atom is -0.338 e. The number of anilines is 1. The van der Waals surface area contributed by atoms with Gasteiger partial charge in [-0.1, -0.05) is 40.8 Å². The first-order chi connectivity index (χ1) is 14.2. The molecular formula is C26H29N2S2+. The Morgan fingerprint density at radius 1 is 0.967 bits per heavy atom. The highest BCUT2D eigenvalue weighted by Crippen LogP contribution is 2.46. The van der Waals surface area contributed by atoms with Crippen molar-refractivity contribution >= 4 is 45.1 Å². The van der Waals surface area contributed by atoms with E-state index < -0.39 is 0 Å². The average Bonchev–Trinajstić information content (AvgIpc) is 3.16. The molecule has 1 aliphatic rings. The van der Waals surface area contributed by atoms with Crippen LogP contribution < -0.4 is 9.47 Å². The number of benzene rings is 2. The average molecular weight is 434 g/mol. The van der Waals surface area contributed by atoms with Crippen LogP contribution in [0.5, 0.6) is 0 Å². The molecule has 0 saturated carbocycles. The van der Waals surface area contributed by atoms with Gasteiger partial charge in [0.25, 0.3) is 5.01 Å². The topological polar surface area (TPSA) is 7.12 Å². The fourth-order valence-corrected chi connectivity index (χ4v) is 5.85. The Hall–Kier alpha value is -2.30. The van der Waals surface area contributed by atoms with E-state index in [2.05, 4.69) is 107 Å². The van der Waals surface area contributed by atoms with Gasteiger partial charge in [0, 0.05) is 24.1 Å². The zero-order valence-electron chi connectivity index (χ0n) is 18.8. The summed E-state index contributed by atoms with van der Waals surface area (Å²) in [6.07, 6.45) is 8.88. The van der Waals surface area contributed by atoms with Gasteiger partial charge >= 0.3 is 0 Å². The Morgan fingerprint density at radius 2 is 1.63 bits per heavy atom. The fraction of sp³-hybridized carbons (Fsp3) is 0.269. The molecule has 0 fully saturated rings. The Kier molecular flexibility index (Phi) is 5.65. The summed E-state index contributed by atoms with van der Waals surface area (Å²) in [6.45, 7) is 10.9. The zero-order valence-corrected chi connectivity index (χ0v) is 20.5. The van der Waals surface area contributed by atoms with Crippen molar-refractivity contribution in [3.05, 3.63) is 80.4 Å². The van der Waals surface area contributed by atoms with Crippen molar-refractivity contribution in [3.63, 3.8) is 0 Å². The molecule has 0 spiro atoms. The number of aryl methyl sites for hydroxylation is 5. The molecule has 2 nitrogen and oxygen atoms in total. The number of allylic oxidation sites excluding steroid dienone is 4. The molecule has 0 radical (unpaired) electrons. The van der Waals surface area contributed by atoms with Gasteiger partial charge in [-0.3, -0.25) is 0 Å². The number of hydrogen-bond donors (Lipinski definition) is 0. The molecule has 4 rings (SSSR count). The van der Waals surface area contributed by atoms with Crippen LogP contribution in [0.3, 0.4) is 0 Å². The van der Waals surface area contributed by atoms with E-state index in [0.717, 1.165) is 0 Å². The summed E-state index contributed by atoms with van der Waals surface area (Å²) in [5.41, 5.74) is 9.25. The van der Waals surface area contributed by atoms with Crippen LogP contribution in [0.2, 0.25) is 0 Å². The van der Waals surface area contributed by atoms with E-state index in [4.69, 9.17) is 0 Å². The highest BCUT2D eigenvalue weighted by Gasteiger charge is 2.22. The largest absolute Gasteiger partial charge is 0.338 e. The van der Waals surface area contributed by atoms with Crippen LogP contribution in [0.1, 0.15) is 34.2 Å². The first-order valence-electron chi connectivity index (χ1n) is 10.2. The van der Waals surface area contributed by atoms with Crippen molar-refractivity contribution in [2.24, 2.45) is 7.05 Å². The second-order valence-electron chi connectivity index (χ2n) is 8.22. The lowest BCUT2D eigenvalue weighted by Gasteiger charge is -2.14. The summed E-state index contributed by atoms with van der Waals surface area (Å²) in [4.78, 5) is 3.63. The molecule has 1 aromatic heterocycles. The van der Waals surface area contributed by atoms with Gasteiger partial charge in [-0.05, 0) is 81.1 Å². The van der Waals surface area contributed by atoms with E-state index in [1.165, 1.54) is 58.7 Å². The molecule has 0 unspecified atom stereocenters. The third-order valence-corrected chi connectivity index (χ3v) is 8.27. The molecule has 0 bridgehead atoms. The molecule has 0 amide bonds. The molecule has 2 heterocycles. The van der Waals surface area contributed by atoms with E-state index in [9.17, 15) is 0 Å². The zero-order chi connectivity index (χ0) is 21.6. The molecule has 154 valence electrons. The van der Waals surface area contributed by atoms with Crippen LogP contribution in [0, 0.1) is 27.7 Å². The normalized spacial score (nSPS) is 15.8. The highest BCUT2D eigenvalue weighted by atomic mass is 32.2. The third-order valence-electron chi connectivity index (χ3n) is 5.94. The predicted molar refractivity (Wildman–Crippen MR) is 134 cm³/mol. The summed E-state index contributed by atoms with van der Waals surface area (Å²) in [6, 6.07) is 9.18. The standard InChI is InChI=1S/C26H29N2S2/c1-16(8-10-25-27(6)21-12-17(2)19(4)14-23(21)29-25)9-11-26-28(7)22-13-18(3)20(5)15-24(22)30-26/h8-15H,1-7H3/q+1. The molecule has 0 aliphatic carbocycles. The number of thiazole rings is 1. The van der Waals surface area contributed by atoms with Crippen molar-refractivity contribution in [1.29, 1.82) is 0 Å². The molecular weight excluding hydrogens is 404 g/mol. The number of fused-ring (bicyclic) bond motifs is 2. The predicted octanol–water partition coefficient (Wildman–Crippen LogP) is 7.00. The van der Waals surface area contributed by atoms with Crippen molar-refractivity contribution in [1.82, 2.24) is 0 Å². The van der Waals surface area contributed by atoms with Gasteiger partial charge < -0.3 is 4.90 Å². The molecule has 3 aromatic rings. The maximum absolute atomic E-state index is 2.30. The Morgan fingerprint density at radius 3 is 2.40 bits per heavy atom. The van der Waals surface area contributed by atoms with Crippen molar-refractivity contribution in [2.45, 2.75) is 39.5 Å². The summed E-state index contributed by atoms with van der Waals surface area (Å²) in [5.74, 6) is 0. The molecule has 4 heteroatoms. The quantitative estimate of drug-likeness (QED) is 0.324. The Bertz CT molecular complexity index is 1240. The van der Waals surface area contributed by atoms with Crippen LogP contribution in [0.4, 0.5) is 5.69 Å². The minimum absolute atomic E-state index is 1.24. The second kappa shape index (κ2) is 8.09. The molecule has 2 aromatic carbocycles. The van der Waals surface area contributed by atoms with E-state index in [1.54, 1.807) is 0 Å². The van der Waals surface area contributed by atoms with Gasteiger partial charge in [-0.2, -0.15) is 4.57 Å². The summed E-state index contributed by atoms with van der Waals surface area (Å²) in [7, 11) is 4.30. The maximum atomic E-state index is 2.30. The van der Waals surface area contributed by atoms with Crippen LogP contribution in [0.15, 0.2) is 58.0 Å². The lowest BCUT2D eigenvalue weighted by Crippen LogP contribution is -2.28. The van der Waals surface area contributed by atoms with Crippen LogP contribution in [-0.2, 0) is 7.05 Å². The maximum Gasteiger partial charge on any atom is 0.262 e. The monoisotopic (exact) mass is 433 g/mol. The molecule has 1 aliphatic heterocycles. The SMILES string of the molecule is CC(/C=C/c1sc2cc(C)c(C)cc2[n+]1C)=C\C=C1\Sc2cc(C)c(C)cc2N1C. The minimum atomic E-state index is 1.24. The van der Waals surface area contributed by atoms with Crippen LogP contribution >= 0.6 is 23.1 Å². The van der Waals surface area contributed by atoms with Crippen LogP contribution in [0.25, 0.3) is 16.3 Å². The van der Waals surface area contributed by atoms with Gasteiger partial charge in [0.1, 0.15) is 11.7 Å². The number of nitrogens with zero attached hydrogens (tertiary/aromatic N) is 2. The lowest BCUT2D eigenvalue weighted by atomic mass is 10.1. The Labute approximate surface area is 188 Å². The number of thioether (sulfide) groups is 1. The van der Waals surface area contributed by atoms with Gasteiger partial charge in [-0.15, -0.1) is 0 Å². The van der Waals surface area contributed by atoms with Crippen molar-refractivity contribution in [2.75, 3.05) is 11.9 Å². The van der Waals surface area contributed by atoms with E-state index >= 15 is 0 Å². The van der Waals surface area contributed by atoms with E-state index in [-0.39, 0.29) is 0 Å². The van der Waals surface area contributed by atoms with Crippen molar-refractivity contribution in [3.8, 4) is 0 Å². The van der Waals surface area contributed by atoms with E-state index in [1.807, 2.05) is 23.1 Å². The molecule has 0 atom stereocenters. The van der Waals surface area contributed by atoms with Gasteiger partial charge in [0.2, 0.25) is 5.52 Å². The first kappa shape index (κ1) is 21.0. The highest BCUT2D eigenvalue weighted by molar-refractivity contribution is 8.03. The third kappa shape index (κ3) is 3.86. The van der Waals surface area contributed by atoms with Gasteiger partial charge in [-0.25, -0.2) is 0 Å². The second-order valence-corrected chi connectivity index (χ2v) is 10.3. The summed E-state index contributed by atoms with van der Waals surface area (Å²) < 4.78 is 3.63. The first-order valence-corrected chi connectivity index (χ1v) is 11.9. The molecule has 0 N–H and O–H groups in total. The molecule has 0 saturated heterocycles. The van der Waals surface area contributed by atoms with Gasteiger partial charge in [0.05, 0.1) is 10.7 Å². The number of aromatic nitrogens is 1. The number of rotatable bonds is 3. The Balaban J connectivity index is 1.56. The van der Waals surface area contributed by atoms with Crippen LogP contribution in [-0.4, -0.2) is 7.05 Å². The smallest absolute Gasteiger partial charge is 0.262 e. The van der Waals surface area contributed by atoms with E-state index in [0.29, 0.717) is 0 Å². The van der Waals surface area contributed by atoms with Gasteiger partial charge in [0.15, 0.2) is 0 Å². The number of hydrogen-bond acceptors (Lipinski definition) is 3. The van der Waals surface area contributed by atoms with Crippen molar-refractivity contribution < 1.29 is 4.57 Å². The summed E-state index contributed by atoms with van der Waals surface area (Å²) >= 11 is 3.70. The molecule has 30 heavy (non-hydrogen) atoms. The lowest BCUT2D eigenvalue weighted by molar-refractivity contribution is -0.642.